The van der Waals surface area contributed by atoms with Gasteiger partial charge in [-0.3, -0.25) is 14.0 Å². The van der Waals surface area contributed by atoms with E-state index in [0.29, 0.717) is 29.1 Å². The van der Waals surface area contributed by atoms with Crippen LogP contribution in [0.5, 0.6) is 0 Å². The summed E-state index contributed by atoms with van der Waals surface area (Å²) in [7, 11) is 1.77. The van der Waals surface area contributed by atoms with Crippen molar-refractivity contribution in [1.29, 1.82) is 0 Å². The summed E-state index contributed by atoms with van der Waals surface area (Å²) in [6.07, 6.45) is 1.43. The largest absolute Gasteiger partial charge is 0.416 e. The number of H-pyrrole nitrogens is 1. The molecular formula is C24H21F3N6O. The Balaban J connectivity index is 1.57. The minimum absolute atomic E-state index is 0.246. The van der Waals surface area contributed by atoms with Crippen LogP contribution < -0.4 is 5.32 Å². The molecule has 7 nitrogen and oxygen atoms in total. The summed E-state index contributed by atoms with van der Waals surface area (Å²) in [6, 6.07) is 9.97. The second kappa shape index (κ2) is 8.05. The Labute approximate surface area is 192 Å². The van der Waals surface area contributed by atoms with E-state index in [-0.39, 0.29) is 11.9 Å². The van der Waals surface area contributed by atoms with Crippen LogP contribution in [0.15, 0.2) is 61.1 Å². The standard InChI is InChI=1S/C24H21F3N6O/c1-3-19(21-28-10-11-29-21)30-23(34)14-4-9-20-17(12-14)18-13-32(2)31-22(18)33(20)16-7-5-15(6-8-16)24(25,26)27/h4-13,19H,3H2,1-2H3,(H,28,29)(H,30,34). The van der Waals surface area contributed by atoms with Crippen LogP contribution in [0.2, 0.25) is 0 Å². The molecule has 2 aromatic carbocycles. The lowest BCUT2D eigenvalue weighted by Crippen LogP contribution is -2.28. The normalized spacial score (nSPS) is 13.0. The second-order valence-electron chi connectivity index (χ2n) is 8.06. The number of fused-ring (bicyclic) bond motifs is 3. The molecule has 2 N–H and O–H groups in total. The summed E-state index contributed by atoms with van der Waals surface area (Å²) in [5.74, 6) is 0.435. The number of aromatic nitrogens is 5. The third-order valence-electron chi connectivity index (χ3n) is 5.83. The molecular weight excluding hydrogens is 445 g/mol. The maximum absolute atomic E-state index is 13.0. The second-order valence-corrected chi connectivity index (χ2v) is 8.06. The monoisotopic (exact) mass is 466 g/mol. The number of rotatable bonds is 5. The van der Waals surface area contributed by atoms with Gasteiger partial charge in [-0.15, -0.1) is 0 Å². The van der Waals surface area contributed by atoms with Crippen LogP contribution in [0, 0.1) is 0 Å². The first-order valence-corrected chi connectivity index (χ1v) is 10.7. The highest BCUT2D eigenvalue weighted by atomic mass is 19.4. The average molecular weight is 466 g/mol. The van der Waals surface area contributed by atoms with Gasteiger partial charge in [0.05, 0.1) is 17.1 Å². The predicted octanol–water partition coefficient (Wildman–Crippen LogP) is 5.14. The van der Waals surface area contributed by atoms with Gasteiger partial charge >= 0.3 is 6.18 Å². The van der Waals surface area contributed by atoms with E-state index in [1.54, 1.807) is 46.9 Å². The number of alkyl halides is 3. The number of aryl methyl sites for hydroxylation is 1. The fourth-order valence-electron chi connectivity index (χ4n) is 4.17. The van der Waals surface area contributed by atoms with Crippen molar-refractivity contribution in [2.24, 2.45) is 7.05 Å². The predicted molar refractivity (Wildman–Crippen MR) is 122 cm³/mol. The number of hydrogen-bond donors (Lipinski definition) is 2. The maximum atomic E-state index is 13.0. The first-order chi connectivity index (χ1) is 16.3. The molecule has 5 rings (SSSR count). The Hall–Kier alpha value is -4.08. The lowest BCUT2D eigenvalue weighted by molar-refractivity contribution is -0.137. The number of imidazole rings is 1. The van der Waals surface area contributed by atoms with Gasteiger partial charge in [0, 0.05) is 47.7 Å². The van der Waals surface area contributed by atoms with Crippen LogP contribution in [-0.4, -0.2) is 30.2 Å². The number of amides is 1. The van der Waals surface area contributed by atoms with Gasteiger partial charge in [0.25, 0.3) is 5.91 Å². The molecule has 3 heterocycles. The molecule has 0 spiro atoms. The lowest BCUT2D eigenvalue weighted by atomic mass is 10.1. The van der Waals surface area contributed by atoms with Crippen molar-refractivity contribution < 1.29 is 18.0 Å². The molecule has 0 radical (unpaired) electrons. The van der Waals surface area contributed by atoms with Crippen molar-refractivity contribution in [3.05, 3.63) is 78.0 Å². The van der Waals surface area contributed by atoms with Crippen molar-refractivity contribution in [3.63, 3.8) is 0 Å². The van der Waals surface area contributed by atoms with Crippen LogP contribution in [-0.2, 0) is 13.2 Å². The lowest BCUT2D eigenvalue weighted by Gasteiger charge is -2.15. The first kappa shape index (κ1) is 21.7. The number of benzene rings is 2. The Morgan fingerprint density at radius 3 is 2.56 bits per heavy atom. The van der Waals surface area contributed by atoms with E-state index < -0.39 is 11.7 Å². The van der Waals surface area contributed by atoms with Crippen molar-refractivity contribution >= 4 is 27.8 Å². The first-order valence-electron chi connectivity index (χ1n) is 10.7. The fourth-order valence-corrected chi connectivity index (χ4v) is 4.17. The van der Waals surface area contributed by atoms with E-state index in [0.717, 1.165) is 28.4 Å². The molecule has 5 aromatic rings. The molecule has 1 atom stereocenters. The minimum Gasteiger partial charge on any atom is -0.347 e. The van der Waals surface area contributed by atoms with Gasteiger partial charge in [0.15, 0.2) is 5.65 Å². The van der Waals surface area contributed by atoms with E-state index in [4.69, 9.17) is 0 Å². The average Bonchev–Trinajstić information content (AvgIpc) is 3.53. The molecule has 0 fully saturated rings. The smallest absolute Gasteiger partial charge is 0.347 e. The highest BCUT2D eigenvalue weighted by molar-refractivity contribution is 6.10. The summed E-state index contributed by atoms with van der Waals surface area (Å²) < 4.78 is 42.5. The van der Waals surface area contributed by atoms with Crippen LogP contribution in [0.1, 0.15) is 41.1 Å². The molecule has 10 heteroatoms. The SMILES string of the molecule is CCC(NC(=O)c1ccc2c(c1)c1cn(C)nc1n2-c1ccc(C(F)(F)F)cc1)c1ncc[nH]1. The van der Waals surface area contributed by atoms with E-state index >= 15 is 0 Å². The molecule has 174 valence electrons. The molecule has 0 aliphatic carbocycles. The Bertz CT molecular complexity index is 1480. The summed E-state index contributed by atoms with van der Waals surface area (Å²) in [5.41, 5.74) is 1.64. The van der Waals surface area contributed by atoms with Gasteiger partial charge in [0.1, 0.15) is 5.82 Å². The van der Waals surface area contributed by atoms with Gasteiger partial charge in [0.2, 0.25) is 0 Å². The zero-order valence-electron chi connectivity index (χ0n) is 18.4. The molecule has 1 unspecified atom stereocenters. The third-order valence-corrected chi connectivity index (χ3v) is 5.83. The van der Waals surface area contributed by atoms with Crippen molar-refractivity contribution in [3.8, 4) is 5.69 Å². The molecule has 0 saturated heterocycles. The highest BCUT2D eigenvalue weighted by Gasteiger charge is 2.30. The number of carbonyl (C=O) groups is 1. The number of hydrogen-bond acceptors (Lipinski definition) is 3. The summed E-state index contributed by atoms with van der Waals surface area (Å²) in [6.45, 7) is 1.96. The molecule has 34 heavy (non-hydrogen) atoms. The summed E-state index contributed by atoms with van der Waals surface area (Å²) >= 11 is 0. The van der Waals surface area contributed by atoms with Crippen molar-refractivity contribution in [2.45, 2.75) is 25.6 Å². The van der Waals surface area contributed by atoms with Gasteiger partial charge in [-0.05, 0) is 48.9 Å². The van der Waals surface area contributed by atoms with Gasteiger partial charge in [-0.2, -0.15) is 18.3 Å². The van der Waals surface area contributed by atoms with Crippen LogP contribution >= 0.6 is 0 Å². The molecule has 0 aliphatic rings. The molecule has 1 amide bonds. The number of nitrogens with zero attached hydrogens (tertiary/aromatic N) is 4. The molecule has 3 aromatic heterocycles. The fraction of sp³-hybridized carbons (Fsp3) is 0.208. The van der Waals surface area contributed by atoms with Crippen LogP contribution in [0.3, 0.4) is 0 Å². The van der Waals surface area contributed by atoms with Crippen LogP contribution in [0.4, 0.5) is 13.2 Å². The van der Waals surface area contributed by atoms with Crippen molar-refractivity contribution in [1.82, 2.24) is 29.6 Å². The number of nitrogens with one attached hydrogen (secondary N) is 2. The molecule has 0 saturated carbocycles. The van der Waals surface area contributed by atoms with Crippen molar-refractivity contribution in [2.75, 3.05) is 0 Å². The third kappa shape index (κ3) is 3.70. The van der Waals surface area contributed by atoms with E-state index in [1.165, 1.54) is 12.1 Å². The summed E-state index contributed by atoms with van der Waals surface area (Å²) in [5, 5.41) is 9.08. The number of aromatic amines is 1. The van der Waals surface area contributed by atoms with E-state index in [1.807, 2.05) is 13.1 Å². The number of carbonyl (C=O) groups excluding carboxylic acids is 1. The summed E-state index contributed by atoms with van der Waals surface area (Å²) in [4.78, 5) is 20.3. The van der Waals surface area contributed by atoms with E-state index in [2.05, 4.69) is 20.4 Å². The Morgan fingerprint density at radius 2 is 1.91 bits per heavy atom. The van der Waals surface area contributed by atoms with Gasteiger partial charge in [-0.25, -0.2) is 4.98 Å². The van der Waals surface area contributed by atoms with E-state index in [9.17, 15) is 18.0 Å². The molecule has 0 bridgehead atoms. The Kier molecular flexibility index (Phi) is 5.15. The topological polar surface area (TPSA) is 80.5 Å². The minimum atomic E-state index is -4.41. The van der Waals surface area contributed by atoms with Gasteiger partial charge in [-0.1, -0.05) is 6.92 Å². The maximum Gasteiger partial charge on any atom is 0.416 e. The number of halogens is 3. The highest BCUT2D eigenvalue weighted by Crippen LogP contribution is 2.34. The quantitative estimate of drug-likeness (QED) is 0.376. The Morgan fingerprint density at radius 1 is 1.15 bits per heavy atom. The van der Waals surface area contributed by atoms with Gasteiger partial charge < -0.3 is 10.3 Å². The zero-order valence-corrected chi connectivity index (χ0v) is 18.4. The van der Waals surface area contributed by atoms with Crippen LogP contribution in [0.25, 0.3) is 27.6 Å². The zero-order chi connectivity index (χ0) is 24.0. The molecule has 0 aliphatic heterocycles.